The minimum Gasteiger partial charge on any atom is -0.457 e. The summed E-state index contributed by atoms with van der Waals surface area (Å²) < 4.78 is 5.78. The van der Waals surface area contributed by atoms with E-state index >= 15 is 0 Å². The maximum absolute atomic E-state index is 12.6. The minimum absolute atomic E-state index is 0.200. The number of benzene rings is 3. The Hall–Kier alpha value is -5.85. The third-order valence-corrected chi connectivity index (χ3v) is 10.3. The van der Waals surface area contributed by atoms with Crippen LogP contribution >= 0.6 is 0 Å². The molecule has 1 aromatic heterocycles. The molecule has 7 rings (SSSR count). The van der Waals surface area contributed by atoms with Crippen molar-refractivity contribution in [1.29, 1.82) is 0 Å². The lowest BCUT2D eigenvalue weighted by molar-refractivity contribution is -0.134. The van der Waals surface area contributed by atoms with Crippen LogP contribution < -0.4 is 26.3 Å². The monoisotopic (exact) mass is 731 g/mol. The van der Waals surface area contributed by atoms with Gasteiger partial charge in [-0.2, -0.15) is 0 Å². The number of rotatable bonds is 9. The number of carbonyl (C=O) groups excluding carboxylic acids is 4. The number of fused-ring (bicyclic) bond motifs is 1. The van der Waals surface area contributed by atoms with E-state index in [2.05, 4.69) is 27.8 Å². The van der Waals surface area contributed by atoms with E-state index in [0.29, 0.717) is 29.7 Å². The third kappa shape index (κ3) is 9.20. The van der Waals surface area contributed by atoms with Crippen LogP contribution in [0, 0.1) is 18.8 Å². The Balaban J connectivity index is 0.000000185. The predicted molar refractivity (Wildman–Crippen MR) is 201 cm³/mol. The van der Waals surface area contributed by atoms with Gasteiger partial charge in [0.25, 0.3) is 11.8 Å². The van der Waals surface area contributed by atoms with Gasteiger partial charge in [-0.15, -0.1) is 0 Å². The average molecular weight is 732 g/mol. The maximum atomic E-state index is 12.6. The molecule has 0 aliphatic heterocycles. The smallest absolute Gasteiger partial charge is 0.251 e. The van der Waals surface area contributed by atoms with Crippen LogP contribution in [0.25, 0.3) is 11.1 Å². The molecule has 12 nitrogen and oxygen atoms in total. The molecule has 0 radical (unpaired) electrons. The van der Waals surface area contributed by atoms with E-state index in [-0.39, 0.29) is 29.8 Å². The summed E-state index contributed by atoms with van der Waals surface area (Å²) in [7, 11) is 0. The summed E-state index contributed by atoms with van der Waals surface area (Å²) in [6, 6.07) is 23.6. The molecule has 12 heteroatoms. The standard InChI is InChI=1S/C22H23N3O3.C20H22N2O4/c26-21(24-20-7-3-5-18(20)22(27)25-28)15-10-8-14(9-11-15)16-12-13-23-19-6-2-1-4-17(16)19;1-13-4-2-5-16(12-13)26-15-10-8-14(9-11-15)19(23)21-18-7-3-6-17(18)20(24)22-25/h1-2,8-13,18,20,28H,3-7H2,(H,24,26)(H,25,27);2,4-5,8-12,17-18,25H,3,6-7H2,1H3,(H,21,23)(H,22,24)/t18-,20+;17-,18+/m00/s1. The van der Waals surface area contributed by atoms with E-state index in [4.69, 9.17) is 15.2 Å². The molecule has 2 saturated carbocycles. The molecule has 0 unspecified atom stereocenters. The number of allylic oxidation sites excluding steroid dienone is 2. The summed E-state index contributed by atoms with van der Waals surface area (Å²) in [5.74, 6) is -0.720. The quantitative estimate of drug-likeness (QED) is 0.0690. The first-order valence-corrected chi connectivity index (χ1v) is 18.3. The van der Waals surface area contributed by atoms with Gasteiger partial charge in [-0.1, -0.05) is 49.3 Å². The molecule has 4 amide bonds. The van der Waals surface area contributed by atoms with Crippen molar-refractivity contribution in [3.63, 3.8) is 0 Å². The Morgan fingerprint density at radius 2 is 1.26 bits per heavy atom. The number of ether oxygens (including phenoxy) is 1. The summed E-state index contributed by atoms with van der Waals surface area (Å²) in [5.41, 5.74) is 10.1. The lowest BCUT2D eigenvalue weighted by Gasteiger charge is -2.19. The summed E-state index contributed by atoms with van der Waals surface area (Å²) >= 11 is 0. The second-order valence-corrected chi connectivity index (χ2v) is 13.9. The zero-order valence-corrected chi connectivity index (χ0v) is 30.1. The lowest BCUT2D eigenvalue weighted by atomic mass is 9.92. The van der Waals surface area contributed by atoms with Gasteiger partial charge >= 0.3 is 0 Å². The second-order valence-electron chi connectivity index (χ2n) is 13.9. The van der Waals surface area contributed by atoms with Crippen molar-refractivity contribution in [3.8, 4) is 22.6 Å². The predicted octanol–water partition coefficient (Wildman–Crippen LogP) is 6.00. The van der Waals surface area contributed by atoms with Gasteiger partial charge in [-0.05, 0) is 116 Å². The molecule has 6 N–H and O–H groups in total. The Kier molecular flexibility index (Phi) is 12.5. The van der Waals surface area contributed by atoms with E-state index in [9.17, 15) is 19.2 Å². The van der Waals surface area contributed by atoms with Gasteiger partial charge in [0.2, 0.25) is 11.8 Å². The van der Waals surface area contributed by atoms with Crippen LogP contribution in [-0.4, -0.2) is 51.1 Å². The average Bonchev–Trinajstić information content (AvgIpc) is 3.87. The van der Waals surface area contributed by atoms with Crippen molar-refractivity contribution in [2.45, 2.75) is 70.4 Å². The van der Waals surface area contributed by atoms with Crippen molar-refractivity contribution < 1.29 is 34.3 Å². The topological polar surface area (TPSA) is 179 Å². The molecule has 54 heavy (non-hydrogen) atoms. The number of amides is 4. The van der Waals surface area contributed by atoms with Crippen LogP contribution in [0.1, 0.15) is 76.1 Å². The minimum atomic E-state index is -0.449. The second kappa shape index (κ2) is 17.8. The van der Waals surface area contributed by atoms with E-state index in [1.54, 1.807) is 35.2 Å². The number of nitrogens with one attached hydrogen (secondary N) is 4. The van der Waals surface area contributed by atoms with Crippen molar-refractivity contribution in [2.24, 2.45) is 11.8 Å². The van der Waals surface area contributed by atoms with Gasteiger partial charge in [-0.3, -0.25) is 34.6 Å². The van der Waals surface area contributed by atoms with E-state index < -0.39 is 17.7 Å². The van der Waals surface area contributed by atoms with Crippen LogP contribution in [0.5, 0.6) is 11.5 Å². The first-order chi connectivity index (χ1) is 26.2. The first kappa shape index (κ1) is 37.9. The molecule has 0 saturated heterocycles. The van der Waals surface area contributed by atoms with Crippen molar-refractivity contribution >= 4 is 23.6 Å². The largest absolute Gasteiger partial charge is 0.457 e. The van der Waals surface area contributed by atoms with Gasteiger partial charge in [0, 0.05) is 41.5 Å². The Morgan fingerprint density at radius 1 is 0.685 bits per heavy atom. The highest BCUT2D eigenvalue weighted by atomic mass is 16.5. The van der Waals surface area contributed by atoms with Crippen LogP contribution in [0.15, 0.2) is 97.2 Å². The zero-order valence-electron chi connectivity index (χ0n) is 30.1. The normalized spacial score (nSPS) is 19.8. The number of hydroxylamine groups is 2. The molecule has 2 fully saturated rings. The molecular weight excluding hydrogens is 686 g/mol. The molecule has 3 aromatic carbocycles. The highest BCUT2D eigenvalue weighted by Crippen LogP contribution is 2.30. The number of aromatic nitrogens is 1. The molecule has 0 spiro atoms. The molecule has 4 aromatic rings. The Labute approximate surface area is 314 Å². The highest BCUT2D eigenvalue weighted by Gasteiger charge is 2.35. The summed E-state index contributed by atoms with van der Waals surface area (Å²) in [6.07, 6.45) is 12.3. The fourth-order valence-corrected chi connectivity index (χ4v) is 7.46. The fraction of sp³-hybridized carbons (Fsp3) is 0.310. The number of pyridine rings is 1. The lowest BCUT2D eigenvalue weighted by Crippen LogP contribution is -2.43. The van der Waals surface area contributed by atoms with Gasteiger partial charge in [-0.25, -0.2) is 11.0 Å². The molecular formula is C42H45N5O7. The van der Waals surface area contributed by atoms with Crippen LogP contribution in [0.2, 0.25) is 0 Å². The van der Waals surface area contributed by atoms with Gasteiger partial charge < -0.3 is 15.4 Å². The molecule has 1 heterocycles. The summed E-state index contributed by atoms with van der Waals surface area (Å²) in [5, 5.41) is 23.5. The van der Waals surface area contributed by atoms with E-state index in [1.807, 2.05) is 67.7 Å². The highest BCUT2D eigenvalue weighted by molar-refractivity contribution is 5.96. The third-order valence-electron chi connectivity index (χ3n) is 10.3. The molecule has 3 aliphatic carbocycles. The van der Waals surface area contributed by atoms with Crippen molar-refractivity contribution in [1.82, 2.24) is 26.6 Å². The molecule has 4 atom stereocenters. The summed E-state index contributed by atoms with van der Waals surface area (Å²) in [4.78, 5) is 52.9. The van der Waals surface area contributed by atoms with Gasteiger partial charge in [0.1, 0.15) is 11.5 Å². The number of hydrogen-bond donors (Lipinski definition) is 6. The fourth-order valence-electron chi connectivity index (χ4n) is 7.46. The number of nitrogens with zero attached hydrogens (tertiary/aromatic N) is 1. The van der Waals surface area contributed by atoms with Crippen LogP contribution in [0.3, 0.4) is 0 Å². The molecule has 0 bridgehead atoms. The number of carbonyl (C=O) groups is 4. The molecule has 3 aliphatic rings. The van der Waals surface area contributed by atoms with Crippen molar-refractivity contribution in [2.75, 3.05) is 0 Å². The molecule has 280 valence electrons. The number of hydrogen-bond acceptors (Lipinski definition) is 8. The Bertz CT molecular complexity index is 2000. The van der Waals surface area contributed by atoms with Crippen LogP contribution in [-0.2, 0) is 22.4 Å². The van der Waals surface area contributed by atoms with Crippen molar-refractivity contribution in [3.05, 3.63) is 125 Å². The van der Waals surface area contributed by atoms with Crippen LogP contribution in [0.4, 0.5) is 0 Å². The van der Waals surface area contributed by atoms with Gasteiger partial charge in [0.15, 0.2) is 0 Å². The number of aryl methyl sites for hydroxylation is 1. The van der Waals surface area contributed by atoms with Gasteiger partial charge in [0.05, 0.1) is 11.8 Å². The maximum Gasteiger partial charge on any atom is 0.251 e. The first-order valence-electron chi connectivity index (χ1n) is 18.3. The SMILES string of the molecule is Cc1cccc(Oc2ccc(C(=O)N[C@@H]3CCC[C@@H]3C(=O)NO)cc2)c1.O=C(N[C@@H]1CCC[C@@H]1C(=O)NO)c1ccc(-c2ccnc3c2CC=CC3)cc1. The Morgan fingerprint density at radius 3 is 1.83 bits per heavy atom. The summed E-state index contributed by atoms with van der Waals surface area (Å²) in [6.45, 7) is 1.99. The zero-order chi connectivity index (χ0) is 38.0. The van der Waals surface area contributed by atoms with E-state index in [0.717, 1.165) is 66.7 Å². The van der Waals surface area contributed by atoms with E-state index in [1.165, 1.54) is 5.56 Å².